The van der Waals surface area contributed by atoms with Crippen LogP contribution in [0.25, 0.3) is 0 Å². The Morgan fingerprint density at radius 1 is 0.705 bits per heavy atom. The van der Waals surface area contributed by atoms with E-state index in [-0.39, 0.29) is 36.5 Å². The summed E-state index contributed by atoms with van der Waals surface area (Å²) in [6.07, 6.45) is 6.04. The molecular formula is C34H48N4O6+2. The molecule has 0 bridgehead atoms. The van der Waals surface area contributed by atoms with E-state index < -0.39 is 23.1 Å². The SMILES string of the molecule is CC(=O)OC1(C#N)CCCCC1C[N+](C)(C)CC(=O)c1ccc(C(=O)C[N+](C)(C)CC2CCCCC2(C#N)OC(C)=O)cc1. The molecule has 10 nitrogen and oxygen atoms in total. The molecule has 10 heteroatoms. The lowest BCUT2D eigenvalue weighted by atomic mass is 9.75. The van der Waals surface area contributed by atoms with Gasteiger partial charge in [0, 0.05) is 37.8 Å². The van der Waals surface area contributed by atoms with Crippen molar-refractivity contribution in [2.75, 3.05) is 54.4 Å². The number of ether oxygens (including phenoxy) is 2. The maximum atomic E-state index is 13.3. The van der Waals surface area contributed by atoms with Crippen LogP contribution < -0.4 is 0 Å². The minimum Gasteiger partial charge on any atom is -0.443 e. The van der Waals surface area contributed by atoms with Crippen LogP contribution in [0.1, 0.15) is 85.9 Å². The largest absolute Gasteiger partial charge is 0.443 e. The maximum absolute atomic E-state index is 13.3. The first kappa shape index (κ1) is 34.9. The van der Waals surface area contributed by atoms with Crippen molar-refractivity contribution in [3.05, 3.63) is 35.4 Å². The number of carbonyl (C=O) groups is 4. The summed E-state index contributed by atoms with van der Waals surface area (Å²) < 4.78 is 11.8. The average molecular weight is 609 g/mol. The third kappa shape index (κ3) is 8.74. The minimum atomic E-state index is -1.16. The number of benzene rings is 1. The highest BCUT2D eigenvalue weighted by molar-refractivity contribution is 6.00. The van der Waals surface area contributed by atoms with Crippen LogP contribution in [0.15, 0.2) is 24.3 Å². The fourth-order valence-corrected chi connectivity index (χ4v) is 7.15. The van der Waals surface area contributed by atoms with Crippen LogP contribution in [-0.2, 0) is 19.1 Å². The topological polar surface area (TPSA) is 134 Å². The summed E-state index contributed by atoms with van der Waals surface area (Å²) in [5.74, 6) is -1.44. The van der Waals surface area contributed by atoms with Gasteiger partial charge >= 0.3 is 11.9 Å². The lowest BCUT2D eigenvalue weighted by molar-refractivity contribution is -0.886. The highest BCUT2D eigenvalue weighted by atomic mass is 16.6. The molecule has 44 heavy (non-hydrogen) atoms. The molecule has 3 rings (SSSR count). The molecule has 1 aromatic rings. The first-order chi connectivity index (χ1) is 20.6. The van der Waals surface area contributed by atoms with Crippen LogP contribution in [0.3, 0.4) is 0 Å². The van der Waals surface area contributed by atoms with Crippen molar-refractivity contribution in [2.45, 2.75) is 76.4 Å². The van der Waals surface area contributed by atoms with Gasteiger partial charge in [0.05, 0.1) is 53.1 Å². The van der Waals surface area contributed by atoms with Crippen LogP contribution in [0.2, 0.25) is 0 Å². The molecule has 0 saturated heterocycles. The second kappa shape index (κ2) is 14.0. The fraction of sp³-hybridized carbons (Fsp3) is 0.647. The zero-order valence-electron chi connectivity index (χ0n) is 27.2. The van der Waals surface area contributed by atoms with Crippen LogP contribution in [0.4, 0.5) is 0 Å². The Labute approximate surface area is 261 Å². The molecule has 2 fully saturated rings. The van der Waals surface area contributed by atoms with E-state index in [2.05, 4.69) is 12.1 Å². The molecule has 4 unspecified atom stereocenters. The van der Waals surface area contributed by atoms with Gasteiger partial charge < -0.3 is 18.4 Å². The Balaban J connectivity index is 1.64. The van der Waals surface area contributed by atoms with Gasteiger partial charge in [-0.05, 0) is 25.7 Å². The number of hydrogen-bond donors (Lipinski definition) is 0. The predicted octanol–water partition coefficient (Wildman–Crippen LogP) is 4.24. The van der Waals surface area contributed by atoms with Crippen LogP contribution >= 0.6 is 0 Å². The van der Waals surface area contributed by atoms with Crippen molar-refractivity contribution in [3.63, 3.8) is 0 Å². The third-order valence-electron chi connectivity index (χ3n) is 9.15. The molecule has 2 aliphatic rings. The Morgan fingerprint density at radius 3 is 1.34 bits per heavy atom. The number of esters is 2. The van der Waals surface area contributed by atoms with E-state index in [9.17, 15) is 29.7 Å². The molecule has 0 aliphatic heterocycles. The quantitative estimate of drug-likeness (QED) is 0.195. The zero-order valence-corrected chi connectivity index (χ0v) is 27.2. The Kier molecular flexibility index (Phi) is 11.1. The fourth-order valence-electron chi connectivity index (χ4n) is 7.15. The molecule has 2 aliphatic carbocycles. The Morgan fingerprint density at radius 2 is 1.05 bits per heavy atom. The first-order valence-corrected chi connectivity index (χ1v) is 15.6. The lowest BCUT2D eigenvalue weighted by Crippen LogP contribution is -2.54. The van der Waals surface area contributed by atoms with Crippen molar-refractivity contribution in [3.8, 4) is 12.1 Å². The summed E-state index contributed by atoms with van der Waals surface area (Å²) in [6, 6.07) is 11.3. The number of nitrogens with zero attached hydrogens (tertiary/aromatic N) is 4. The summed E-state index contributed by atoms with van der Waals surface area (Å²) >= 11 is 0. The molecule has 0 heterocycles. The molecule has 2 saturated carbocycles. The predicted molar refractivity (Wildman–Crippen MR) is 163 cm³/mol. The van der Waals surface area contributed by atoms with E-state index in [1.807, 2.05) is 28.2 Å². The van der Waals surface area contributed by atoms with E-state index in [0.29, 0.717) is 46.0 Å². The molecule has 0 aromatic heterocycles. The van der Waals surface area contributed by atoms with Gasteiger partial charge in [0.15, 0.2) is 0 Å². The first-order valence-electron chi connectivity index (χ1n) is 15.6. The molecular weight excluding hydrogens is 560 g/mol. The minimum absolute atomic E-state index is 0.0772. The van der Waals surface area contributed by atoms with Gasteiger partial charge in [-0.1, -0.05) is 37.1 Å². The van der Waals surface area contributed by atoms with Gasteiger partial charge in [0.1, 0.15) is 25.2 Å². The van der Waals surface area contributed by atoms with Gasteiger partial charge in [-0.3, -0.25) is 19.2 Å². The number of carbonyl (C=O) groups excluding carboxylic acids is 4. The number of hydrogen-bond acceptors (Lipinski definition) is 8. The van der Waals surface area contributed by atoms with Crippen molar-refractivity contribution in [1.29, 1.82) is 10.5 Å². The normalized spacial score (nSPS) is 25.6. The molecule has 0 radical (unpaired) electrons. The highest BCUT2D eigenvalue weighted by Gasteiger charge is 2.48. The summed E-state index contributed by atoms with van der Waals surface area (Å²) in [5.41, 5.74) is -1.33. The number of rotatable bonds is 12. The van der Waals surface area contributed by atoms with Gasteiger partial charge in [-0.15, -0.1) is 0 Å². The van der Waals surface area contributed by atoms with Gasteiger partial charge in [0.25, 0.3) is 0 Å². The van der Waals surface area contributed by atoms with Gasteiger partial charge in [-0.25, -0.2) is 0 Å². The summed E-state index contributed by atoms with van der Waals surface area (Å²) in [4.78, 5) is 50.1. The summed E-state index contributed by atoms with van der Waals surface area (Å²) in [7, 11) is 7.76. The molecule has 0 amide bonds. The van der Waals surface area contributed by atoms with E-state index in [1.54, 1.807) is 24.3 Å². The molecule has 0 spiro atoms. The second-order valence-electron chi connectivity index (χ2n) is 14.1. The van der Waals surface area contributed by atoms with Gasteiger partial charge in [-0.2, -0.15) is 10.5 Å². The Bertz CT molecular complexity index is 1220. The molecule has 0 N–H and O–H groups in total. The highest BCUT2D eigenvalue weighted by Crippen LogP contribution is 2.39. The van der Waals surface area contributed by atoms with Crippen LogP contribution in [0.5, 0.6) is 0 Å². The third-order valence-corrected chi connectivity index (χ3v) is 9.15. The smallest absolute Gasteiger partial charge is 0.304 e. The number of likely N-dealkylation sites (N-methyl/N-ethyl adjacent to an activating group) is 2. The van der Waals surface area contributed by atoms with E-state index >= 15 is 0 Å². The van der Waals surface area contributed by atoms with Crippen molar-refractivity contribution < 1.29 is 37.6 Å². The van der Waals surface area contributed by atoms with E-state index in [4.69, 9.17) is 9.47 Å². The van der Waals surface area contributed by atoms with Crippen LogP contribution in [0, 0.1) is 34.5 Å². The van der Waals surface area contributed by atoms with Crippen molar-refractivity contribution >= 4 is 23.5 Å². The Hall–Kier alpha value is -3.60. The summed E-state index contributed by atoms with van der Waals surface area (Å²) in [5, 5.41) is 19.9. The van der Waals surface area contributed by atoms with Gasteiger partial charge in [0.2, 0.25) is 22.8 Å². The molecule has 1 aromatic carbocycles. The van der Waals surface area contributed by atoms with Crippen molar-refractivity contribution in [1.82, 2.24) is 0 Å². The average Bonchev–Trinajstić information content (AvgIpc) is 2.94. The zero-order chi connectivity index (χ0) is 32.8. The second-order valence-corrected chi connectivity index (χ2v) is 14.1. The van der Waals surface area contributed by atoms with E-state index in [0.717, 1.165) is 38.5 Å². The number of ketones is 2. The van der Waals surface area contributed by atoms with E-state index in [1.165, 1.54) is 13.8 Å². The number of Topliss-reactive ketones (excluding diaryl/α,β-unsaturated/α-hetero) is 2. The lowest BCUT2D eigenvalue weighted by Gasteiger charge is -2.42. The number of quaternary nitrogens is 2. The monoisotopic (exact) mass is 608 g/mol. The van der Waals surface area contributed by atoms with Crippen molar-refractivity contribution in [2.24, 2.45) is 11.8 Å². The summed E-state index contributed by atoms with van der Waals surface area (Å²) in [6.45, 7) is 4.07. The number of nitriles is 2. The molecule has 4 atom stereocenters. The van der Waals surface area contributed by atoms with Crippen LogP contribution in [-0.4, -0.2) is 98.0 Å². The molecule has 238 valence electrons. The maximum Gasteiger partial charge on any atom is 0.304 e. The standard InChI is InChI=1S/C34H48N4O6/c1-25(39)43-33(23-35)17-9-7-11-29(33)19-37(3,4)21-31(41)27-13-15-28(16-14-27)32(42)22-38(5,6)20-30-12-8-10-18-34(30,24-36)44-26(2)40/h13-16,29-30H,7-12,17-22H2,1-6H3/q+2.